The fourth-order valence-electron chi connectivity index (χ4n) is 2.75. The molecule has 4 rings (SSSR count). The van der Waals surface area contributed by atoms with E-state index in [1.54, 1.807) is 37.4 Å². The van der Waals surface area contributed by atoms with E-state index < -0.39 is 11.9 Å². The lowest BCUT2D eigenvalue weighted by Crippen LogP contribution is -2.31. The van der Waals surface area contributed by atoms with Gasteiger partial charge in [-0.1, -0.05) is 0 Å². The first-order valence-electron chi connectivity index (χ1n) is 7.40. The Morgan fingerprint density at radius 1 is 1.29 bits per heavy atom. The summed E-state index contributed by atoms with van der Waals surface area (Å²) in [6.45, 7) is 0. The van der Waals surface area contributed by atoms with Crippen LogP contribution in [0.25, 0.3) is 11.1 Å². The van der Waals surface area contributed by atoms with E-state index >= 15 is 0 Å². The third kappa shape index (κ3) is 2.50. The van der Waals surface area contributed by atoms with Crippen LogP contribution in [-0.4, -0.2) is 24.1 Å². The van der Waals surface area contributed by atoms with Crippen molar-refractivity contribution in [3.05, 3.63) is 52.5 Å². The number of methoxy groups -OCH3 is 1. The van der Waals surface area contributed by atoms with Gasteiger partial charge in [-0.2, -0.15) is 0 Å². The summed E-state index contributed by atoms with van der Waals surface area (Å²) < 4.78 is 15.8. The Bertz CT molecular complexity index is 988. The topological polar surface area (TPSA) is 93.6 Å². The molecule has 7 heteroatoms. The number of hydrogen-bond acceptors (Lipinski definition) is 5. The van der Waals surface area contributed by atoms with E-state index in [-0.39, 0.29) is 5.91 Å². The molecule has 0 bridgehead atoms. The molecule has 1 aliphatic rings. The van der Waals surface area contributed by atoms with Gasteiger partial charge in [0.2, 0.25) is 0 Å². The summed E-state index contributed by atoms with van der Waals surface area (Å²) in [5, 5.41) is 2.79. The van der Waals surface area contributed by atoms with Crippen LogP contribution in [0, 0.1) is 0 Å². The number of H-pyrrole nitrogens is 1. The molecule has 7 nitrogen and oxygen atoms in total. The average molecular weight is 326 g/mol. The van der Waals surface area contributed by atoms with E-state index in [0.29, 0.717) is 29.0 Å². The van der Waals surface area contributed by atoms with Crippen LogP contribution in [0.3, 0.4) is 0 Å². The van der Waals surface area contributed by atoms with Gasteiger partial charge in [0.15, 0.2) is 11.7 Å². The Hall–Kier alpha value is -3.22. The summed E-state index contributed by atoms with van der Waals surface area (Å²) in [7, 11) is 1.60. The first-order chi connectivity index (χ1) is 11.6. The summed E-state index contributed by atoms with van der Waals surface area (Å²) in [5.74, 6) is 0.630. The van der Waals surface area contributed by atoms with Gasteiger partial charge in [-0.05, 0) is 36.4 Å². The van der Waals surface area contributed by atoms with Crippen molar-refractivity contribution >= 4 is 22.7 Å². The lowest BCUT2D eigenvalue weighted by molar-refractivity contribution is -0.122. The number of aromatic amines is 1. The van der Waals surface area contributed by atoms with E-state index in [1.807, 2.05) is 6.07 Å². The van der Waals surface area contributed by atoms with Gasteiger partial charge in [-0.25, -0.2) is 4.79 Å². The number of amides is 1. The first-order valence-corrected chi connectivity index (χ1v) is 7.40. The highest BCUT2D eigenvalue weighted by Crippen LogP contribution is 2.32. The highest BCUT2D eigenvalue weighted by atomic mass is 16.5. The molecule has 0 radical (unpaired) electrons. The molecule has 0 aliphatic carbocycles. The summed E-state index contributed by atoms with van der Waals surface area (Å²) in [6.07, 6.45) is -0.130. The number of aromatic nitrogens is 1. The Morgan fingerprint density at radius 3 is 3.00 bits per heavy atom. The maximum Gasteiger partial charge on any atom is 0.417 e. The third-order valence-corrected chi connectivity index (χ3v) is 3.92. The van der Waals surface area contributed by atoms with E-state index in [4.69, 9.17) is 13.9 Å². The van der Waals surface area contributed by atoms with Crippen molar-refractivity contribution in [3.63, 3.8) is 0 Å². The molecule has 0 fully saturated rings. The SMILES string of the molecule is COc1ccc2c(c1)CC(C(=O)Nc1ccc3oc(=O)[nH]c3c1)O2. The van der Waals surface area contributed by atoms with Crippen LogP contribution in [0.4, 0.5) is 5.69 Å². The number of benzene rings is 2. The number of anilines is 1. The monoisotopic (exact) mass is 326 g/mol. The minimum Gasteiger partial charge on any atom is -0.497 e. The predicted octanol–water partition coefficient (Wildman–Crippen LogP) is 2.07. The zero-order valence-corrected chi connectivity index (χ0v) is 12.8. The van der Waals surface area contributed by atoms with Gasteiger partial charge >= 0.3 is 5.76 Å². The van der Waals surface area contributed by atoms with Crippen molar-refractivity contribution in [3.8, 4) is 11.5 Å². The molecule has 1 unspecified atom stereocenters. The quantitative estimate of drug-likeness (QED) is 0.768. The second kappa shape index (κ2) is 5.45. The molecule has 0 spiro atoms. The number of carbonyl (C=O) groups is 1. The lowest BCUT2D eigenvalue weighted by Gasteiger charge is -2.11. The second-order valence-corrected chi connectivity index (χ2v) is 5.50. The van der Waals surface area contributed by atoms with Gasteiger partial charge < -0.3 is 19.2 Å². The number of fused-ring (bicyclic) bond motifs is 2. The van der Waals surface area contributed by atoms with Gasteiger partial charge in [-0.15, -0.1) is 0 Å². The molecule has 1 aromatic heterocycles. The summed E-state index contributed by atoms with van der Waals surface area (Å²) >= 11 is 0. The fourth-order valence-corrected chi connectivity index (χ4v) is 2.75. The molecule has 1 atom stereocenters. The standard InChI is InChI=1S/C17H14N2O5/c1-22-11-3-5-13-9(6-11)7-15(23-13)16(20)18-10-2-4-14-12(8-10)19-17(21)24-14/h2-6,8,15H,7H2,1H3,(H,18,20)(H,19,21). The van der Waals surface area contributed by atoms with E-state index in [1.165, 1.54) is 0 Å². The number of ether oxygens (including phenoxy) is 2. The predicted molar refractivity (Wildman–Crippen MR) is 86.6 cm³/mol. The smallest absolute Gasteiger partial charge is 0.417 e. The number of nitrogens with one attached hydrogen (secondary N) is 2. The third-order valence-electron chi connectivity index (χ3n) is 3.92. The normalized spacial score (nSPS) is 15.8. The van der Waals surface area contributed by atoms with E-state index in [0.717, 1.165) is 11.3 Å². The maximum absolute atomic E-state index is 12.4. The van der Waals surface area contributed by atoms with E-state index in [2.05, 4.69) is 10.3 Å². The van der Waals surface area contributed by atoms with Crippen molar-refractivity contribution < 1.29 is 18.7 Å². The van der Waals surface area contributed by atoms with Crippen LogP contribution in [-0.2, 0) is 11.2 Å². The first kappa shape index (κ1) is 14.4. The van der Waals surface area contributed by atoms with Gasteiger partial charge in [0.1, 0.15) is 11.5 Å². The average Bonchev–Trinajstić information content (AvgIpc) is 3.15. The van der Waals surface area contributed by atoms with Crippen molar-refractivity contribution in [2.75, 3.05) is 12.4 Å². The second-order valence-electron chi connectivity index (χ2n) is 5.50. The van der Waals surface area contributed by atoms with E-state index in [9.17, 15) is 9.59 Å². The molecule has 1 aliphatic heterocycles. The Morgan fingerprint density at radius 2 is 2.17 bits per heavy atom. The van der Waals surface area contributed by atoms with Gasteiger partial charge in [0.05, 0.1) is 12.6 Å². The summed E-state index contributed by atoms with van der Waals surface area (Å²) in [6, 6.07) is 10.4. The Kier molecular flexibility index (Phi) is 3.26. The fraction of sp³-hybridized carbons (Fsp3) is 0.176. The van der Waals surface area contributed by atoms with Crippen LogP contribution in [0.2, 0.25) is 0 Å². The van der Waals surface area contributed by atoms with Crippen molar-refractivity contribution in [2.45, 2.75) is 12.5 Å². The molecule has 2 aromatic carbocycles. The zero-order valence-electron chi connectivity index (χ0n) is 12.8. The molecule has 0 saturated heterocycles. The van der Waals surface area contributed by atoms with Gasteiger partial charge in [0, 0.05) is 17.7 Å². The van der Waals surface area contributed by atoms with Crippen LogP contribution < -0.4 is 20.5 Å². The number of rotatable bonds is 3. The van der Waals surface area contributed by atoms with Crippen LogP contribution in [0.15, 0.2) is 45.6 Å². The number of oxazole rings is 1. The van der Waals surface area contributed by atoms with Crippen molar-refractivity contribution in [1.82, 2.24) is 4.98 Å². The molecule has 2 heterocycles. The van der Waals surface area contributed by atoms with Crippen molar-refractivity contribution in [2.24, 2.45) is 0 Å². The zero-order chi connectivity index (χ0) is 16.7. The molecule has 2 N–H and O–H groups in total. The number of hydrogen-bond donors (Lipinski definition) is 2. The molecule has 0 saturated carbocycles. The summed E-state index contributed by atoms with van der Waals surface area (Å²) in [5.41, 5.74) is 2.46. The summed E-state index contributed by atoms with van der Waals surface area (Å²) in [4.78, 5) is 26.1. The molecule has 3 aromatic rings. The van der Waals surface area contributed by atoms with Crippen LogP contribution in [0.1, 0.15) is 5.56 Å². The Labute approximate surface area is 136 Å². The minimum absolute atomic E-state index is 0.254. The van der Waals surface area contributed by atoms with Gasteiger partial charge in [0.25, 0.3) is 5.91 Å². The molecular formula is C17H14N2O5. The Balaban J connectivity index is 1.51. The van der Waals surface area contributed by atoms with Crippen LogP contribution >= 0.6 is 0 Å². The largest absolute Gasteiger partial charge is 0.497 e. The molecule has 24 heavy (non-hydrogen) atoms. The number of carbonyl (C=O) groups excluding carboxylic acids is 1. The van der Waals surface area contributed by atoms with Crippen LogP contribution in [0.5, 0.6) is 11.5 Å². The van der Waals surface area contributed by atoms with Gasteiger partial charge in [-0.3, -0.25) is 9.78 Å². The highest BCUT2D eigenvalue weighted by molar-refractivity contribution is 5.96. The highest BCUT2D eigenvalue weighted by Gasteiger charge is 2.29. The lowest BCUT2D eigenvalue weighted by atomic mass is 10.1. The molecular weight excluding hydrogens is 312 g/mol. The maximum atomic E-state index is 12.4. The molecule has 1 amide bonds. The minimum atomic E-state index is -0.605. The van der Waals surface area contributed by atoms with Crippen molar-refractivity contribution in [1.29, 1.82) is 0 Å². The molecule has 122 valence electrons.